The van der Waals surface area contributed by atoms with Gasteiger partial charge in [-0.1, -0.05) is 17.7 Å². The average Bonchev–Trinajstić information content (AvgIpc) is 2.63. The fourth-order valence-electron chi connectivity index (χ4n) is 2.11. The summed E-state index contributed by atoms with van der Waals surface area (Å²) in [5.74, 6) is 0.160. The lowest BCUT2D eigenvalue weighted by Gasteiger charge is -2.24. The minimum atomic E-state index is -0.487. The third-order valence-electron chi connectivity index (χ3n) is 2.95. The van der Waals surface area contributed by atoms with E-state index in [0.29, 0.717) is 16.1 Å². The first kappa shape index (κ1) is 14.7. The van der Waals surface area contributed by atoms with E-state index >= 15 is 0 Å². The topological polar surface area (TPSA) is 72.9 Å². The Morgan fingerprint density at radius 3 is 2.70 bits per heavy atom. The number of hydrogen-bond acceptors (Lipinski definition) is 3. The molecule has 0 fully saturated rings. The van der Waals surface area contributed by atoms with Gasteiger partial charge >= 0.3 is 0 Å². The molecule has 1 aromatic carbocycles. The van der Waals surface area contributed by atoms with Crippen molar-refractivity contribution in [3.63, 3.8) is 0 Å². The summed E-state index contributed by atoms with van der Waals surface area (Å²) in [5, 5.41) is 3.46. The van der Waals surface area contributed by atoms with Crippen LogP contribution in [-0.4, -0.2) is 21.0 Å². The summed E-state index contributed by atoms with van der Waals surface area (Å²) < 4.78 is 1.67. The van der Waals surface area contributed by atoms with Gasteiger partial charge in [-0.25, -0.2) is 4.98 Å². The third kappa shape index (κ3) is 2.72. The molecule has 2 aromatic rings. The lowest BCUT2D eigenvalue weighted by Crippen LogP contribution is -2.43. The van der Waals surface area contributed by atoms with Crippen molar-refractivity contribution in [3.8, 4) is 0 Å². The normalized spacial score (nSPS) is 13.4. The summed E-state index contributed by atoms with van der Waals surface area (Å²) in [5.41, 5.74) is 7.00. The molecular weight excluding hydrogens is 276 g/mol. The van der Waals surface area contributed by atoms with Crippen molar-refractivity contribution in [1.82, 2.24) is 14.9 Å². The molecule has 20 heavy (non-hydrogen) atoms. The quantitative estimate of drug-likeness (QED) is 0.894. The minimum Gasteiger partial charge on any atom is -0.369 e. The second kappa shape index (κ2) is 4.98. The van der Waals surface area contributed by atoms with E-state index in [1.54, 1.807) is 23.6 Å². The van der Waals surface area contributed by atoms with E-state index in [0.717, 1.165) is 0 Å². The van der Waals surface area contributed by atoms with Crippen LogP contribution in [0.1, 0.15) is 33.7 Å². The smallest absolute Gasteiger partial charge is 0.243 e. The van der Waals surface area contributed by atoms with Gasteiger partial charge in [0.25, 0.3) is 0 Å². The van der Waals surface area contributed by atoms with E-state index in [9.17, 15) is 4.79 Å². The molecule has 0 saturated heterocycles. The maximum absolute atomic E-state index is 12.3. The number of nitrogen functional groups attached to an aromatic ring is 1. The van der Waals surface area contributed by atoms with Crippen molar-refractivity contribution < 1.29 is 4.79 Å². The van der Waals surface area contributed by atoms with E-state index in [1.165, 1.54) is 0 Å². The number of anilines is 1. The van der Waals surface area contributed by atoms with E-state index in [-0.39, 0.29) is 17.4 Å². The van der Waals surface area contributed by atoms with Gasteiger partial charge in [0.1, 0.15) is 6.04 Å². The number of fused-ring (bicyclic) bond motifs is 1. The number of carbonyl (C=O) groups excluding carboxylic acids is 1. The lowest BCUT2D eigenvalue weighted by atomic mass is 10.1. The zero-order chi connectivity index (χ0) is 15.1. The van der Waals surface area contributed by atoms with Gasteiger partial charge in [-0.15, -0.1) is 0 Å². The molecule has 5 nitrogen and oxygen atoms in total. The molecule has 6 heteroatoms. The molecule has 1 heterocycles. The highest BCUT2D eigenvalue weighted by atomic mass is 35.5. The van der Waals surface area contributed by atoms with Crippen LogP contribution in [0.4, 0.5) is 5.95 Å². The number of nitrogens with zero attached hydrogens (tertiary/aromatic N) is 2. The van der Waals surface area contributed by atoms with Crippen LogP contribution in [-0.2, 0) is 4.79 Å². The van der Waals surface area contributed by atoms with Crippen molar-refractivity contribution >= 4 is 34.5 Å². The van der Waals surface area contributed by atoms with Crippen molar-refractivity contribution in [3.05, 3.63) is 23.2 Å². The average molecular weight is 295 g/mol. The van der Waals surface area contributed by atoms with Crippen molar-refractivity contribution in [2.45, 2.75) is 39.3 Å². The van der Waals surface area contributed by atoms with E-state index in [2.05, 4.69) is 10.3 Å². The largest absolute Gasteiger partial charge is 0.369 e. The van der Waals surface area contributed by atoms with Crippen LogP contribution in [0.25, 0.3) is 11.0 Å². The maximum atomic E-state index is 12.3. The molecule has 108 valence electrons. The highest BCUT2D eigenvalue weighted by molar-refractivity contribution is 6.35. The van der Waals surface area contributed by atoms with Gasteiger partial charge in [0, 0.05) is 5.54 Å². The summed E-state index contributed by atoms with van der Waals surface area (Å²) in [6.45, 7) is 7.57. The predicted octanol–water partition coefficient (Wildman–Crippen LogP) is 2.75. The molecule has 1 atom stereocenters. The van der Waals surface area contributed by atoms with Gasteiger partial charge in [-0.2, -0.15) is 0 Å². The van der Waals surface area contributed by atoms with E-state index in [4.69, 9.17) is 17.3 Å². The van der Waals surface area contributed by atoms with Gasteiger partial charge in [-0.05, 0) is 39.8 Å². The molecule has 0 aliphatic carbocycles. The van der Waals surface area contributed by atoms with Gasteiger partial charge in [0.05, 0.1) is 16.1 Å². The van der Waals surface area contributed by atoms with Crippen molar-refractivity contribution in [1.29, 1.82) is 0 Å². The maximum Gasteiger partial charge on any atom is 0.243 e. The molecule has 1 unspecified atom stereocenters. The Labute approximate surface area is 123 Å². The number of para-hydroxylation sites is 1. The number of nitrogens with two attached hydrogens (primary N) is 1. The number of carbonyl (C=O) groups is 1. The number of amides is 1. The Morgan fingerprint density at radius 2 is 2.10 bits per heavy atom. The van der Waals surface area contributed by atoms with Gasteiger partial charge in [0.15, 0.2) is 0 Å². The van der Waals surface area contributed by atoms with Gasteiger partial charge < -0.3 is 11.1 Å². The molecule has 0 spiro atoms. The van der Waals surface area contributed by atoms with Crippen molar-refractivity contribution in [2.24, 2.45) is 0 Å². The molecule has 0 saturated carbocycles. The first-order chi connectivity index (χ1) is 9.20. The molecule has 3 N–H and O–H groups in total. The number of benzene rings is 1. The Morgan fingerprint density at radius 1 is 1.45 bits per heavy atom. The second-order valence-electron chi connectivity index (χ2n) is 5.86. The van der Waals surface area contributed by atoms with Crippen LogP contribution >= 0.6 is 11.6 Å². The fourth-order valence-corrected chi connectivity index (χ4v) is 2.37. The Balaban J connectivity index is 2.47. The third-order valence-corrected chi connectivity index (χ3v) is 3.26. The Hall–Kier alpha value is -1.75. The number of aromatic nitrogens is 2. The van der Waals surface area contributed by atoms with E-state index in [1.807, 2.05) is 26.8 Å². The molecule has 0 aliphatic rings. The monoisotopic (exact) mass is 294 g/mol. The number of rotatable bonds is 2. The van der Waals surface area contributed by atoms with Crippen LogP contribution in [0.2, 0.25) is 5.02 Å². The minimum absolute atomic E-state index is 0.122. The summed E-state index contributed by atoms with van der Waals surface area (Å²) in [6, 6.07) is 4.90. The second-order valence-corrected chi connectivity index (χ2v) is 6.27. The molecule has 0 radical (unpaired) electrons. The van der Waals surface area contributed by atoms with Crippen LogP contribution < -0.4 is 11.1 Å². The van der Waals surface area contributed by atoms with Crippen LogP contribution in [0.15, 0.2) is 18.2 Å². The zero-order valence-electron chi connectivity index (χ0n) is 12.1. The SMILES string of the molecule is CC(C(=O)NC(C)(C)C)n1c(N)nc2cccc(Cl)c21. The summed E-state index contributed by atoms with van der Waals surface area (Å²) in [4.78, 5) is 16.6. The Bertz CT molecular complexity index is 657. The standard InChI is InChI=1S/C14H19ClN4O/c1-8(12(20)18-14(2,3)4)19-11-9(15)6-5-7-10(11)17-13(19)16/h5-8H,1-4H3,(H2,16,17)(H,18,20). The number of imidazole rings is 1. The molecule has 1 aromatic heterocycles. The summed E-state index contributed by atoms with van der Waals surface area (Å²) >= 11 is 6.21. The zero-order valence-corrected chi connectivity index (χ0v) is 12.8. The highest BCUT2D eigenvalue weighted by Gasteiger charge is 2.24. The predicted molar refractivity (Wildman–Crippen MR) is 81.8 cm³/mol. The van der Waals surface area contributed by atoms with Gasteiger partial charge in [0.2, 0.25) is 11.9 Å². The van der Waals surface area contributed by atoms with E-state index < -0.39 is 6.04 Å². The number of hydrogen-bond donors (Lipinski definition) is 2. The lowest BCUT2D eigenvalue weighted by molar-refractivity contribution is -0.125. The fraction of sp³-hybridized carbons (Fsp3) is 0.429. The number of nitrogens with one attached hydrogen (secondary N) is 1. The molecule has 2 rings (SSSR count). The van der Waals surface area contributed by atoms with Crippen LogP contribution in [0.5, 0.6) is 0 Å². The van der Waals surface area contributed by atoms with Gasteiger partial charge in [-0.3, -0.25) is 9.36 Å². The molecular formula is C14H19ClN4O. The first-order valence-electron chi connectivity index (χ1n) is 6.44. The van der Waals surface area contributed by atoms with Crippen LogP contribution in [0, 0.1) is 0 Å². The molecule has 0 aliphatic heterocycles. The highest BCUT2D eigenvalue weighted by Crippen LogP contribution is 2.29. The molecule has 0 bridgehead atoms. The first-order valence-corrected chi connectivity index (χ1v) is 6.82. The summed E-state index contributed by atoms with van der Waals surface area (Å²) in [7, 11) is 0. The Kier molecular flexibility index (Phi) is 3.65. The summed E-state index contributed by atoms with van der Waals surface area (Å²) in [6.07, 6.45) is 0. The van der Waals surface area contributed by atoms with Crippen molar-refractivity contribution in [2.75, 3.05) is 5.73 Å². The molecule has 1 amide bonds. The van der Waals surface area contributed by atoms with Crippen LogP contribution in [0.3, 0.4) is 0 Å². The number of halogens is 1.